The van der Waals surface area contributed by atoms with Crippen LogP contribution in [-0.4, -0.2) is 35.3 Å². The fraction of sp³-hybridized carbons (Fsp3) is 0.625. The summed E-state index contributed by atoms with van der Waals surface area (Å²) < 4.78 is 29.6. The molecular formula is C16H24F2N2O2. The van der Waals surface area contributed by atoms with Crippen LogP contribution in [0.15, 0.2) is 18.2 Å². The minimum atomic E-state index is -2.87. The van der Waals surface area contributed by atoms with Crippen molar-refractivity contribution < 1.29 is 18.6 Å². The van der Waals surface area contributed by atoms with Crippen LogP contribution in [0.3, 0.4) is 0 Å². The molecule has 0 unspecified atom stereocenters. The monoisotopic (exact) mass is 314 g/mol. The molecule has 1 fully saturated rings. The molecule has 0 saturated carbocycles. The number of nitrogens with zero attached hydrogens (tertiary/aromatic N) is 1. The summed E-state index contributed by atoms with van der Waals surface area (Å²) >= 11 is 0. The highest BCUT2D eigenvalue weighted by Crippen LogP contribution is 2.30. The van der Waals surface area contributed by atoms with Gasteiger partial charge in [-0.3, -0.25) is 4.90 Å². The fourth-order valence-corrected chi connectivity index (χ4v) is 2.92. The van der Waals surface area contributed by atoms with Crippen LogP contribution < -0.4 is 10.5 Å². The van der Waals surface area contributed by atoms with Crippen LogP contribution in [0.5, 0.6) is 5.75 Å². The maximum absolute atomic E-state index is 12.5. The highest BCUT2D eigenvalue weighted by Gasteiger charge is 2.31. The number of ether oxygens (including phenoxy) is 1. The maximum atomic E-state index is 12.5. The number of benzene rings is 1. The quantitative estimate of drug-likeness (QED) is 0.821. The third-order valence-corrected chi connectivity index (χ3v) is 4.21. The van der Waals surface area contributed by atoms with E-state index in [9.17, 15) is 13.9 Å². The van der Waals surface area contributed by atoms with Crippen molar-refractivity contribution in [1.29, 1.82) is 0 Å². The normalized spacial score (nSPS) is 20.4. The molecule has 3 N–H and O–H groups in total. The van der Waals surface area contributed by atoms with Gasteiger partial charge in [-0.15, -0.1) is 0 Å². The van der Waals surface area contributed by atoms with E-state index in [1.54, 1.807) is 12.1 Å². The average Bonchev–Trinajstić information content (AvgIpc) is 2.41. The summed E-state index contributed by atoms with van der Waals surface area (Å²) in [6.45, 7) is 2.89. The molecule has 22 heavy (non-hydrogen) atoms. The summed E-state index contributed by atoms with van der Waals surface area (Å²) in [4.78, 5) is 2.16. The van der Waals surface area contributed by atoms with E-state index in [0.717, 1.165) is 25.9 Å². The maximum Gasteiger partial charge on any atom is 0.387 e. The smallest absolute Gasteiger partial charge is 0.387 e. The first kappa shape index (κ1) is 17.0. The Kier molecular flexibility index (Phi) is 5.24. The van der Waals surface area contributed by atoms with Crippen molar-refractivity contribution in [3.8, 4) is 5.75 Å². The predicted octanol–water partition coefficient (Wildman–Crippen LogP) is 2.85. The number of nitrogen functional groups attached to an aromatic ring is 1. The molecule has 4 nitrogen and oxygen atoms in total. The molecule has 1 aromatic carbocycles. The number of aliphatic hydroxyl groups is 1. The molecule has 0 radical (unpaired) electrons. The Hall–Kier alpha value is -1.40. The topological polar surface area (TPSA) is 58.7 Å². The predicted molar refractivity (Wildman–Crippen MR) is 81.8 cm³/mol. The molecule has 0 bridgehead atoms. The Morgan fingerprint density at radius 3 is 2.82 bits per heavy atom. The minimum absolute atomic E-state index is 0.125. The van der Waals surface area contributed by atoms with E-state index in [0.29, 0.717) is 17.8 Å². The zero-order valence-electron chi connectivity index (χ0n) is 13.1. The first-order valence-corrected chi connectivity index (χ1v) is 7.53. The molecule has 1 aromatic rings. The van der Waals surface area contributed by atoms with Crippen molar-refractivity contribution in [3.63, 3.8) is 0 Å². The number of anilines is 1. The lowest BCUT2D eigenvalue weighted by atomic mass is 9.84. The lowest BCUT2D eigenvalue weighted by Gasteiger charge is -2.38. The van der Waals surface area contributed by atoms with Crippen LogP contribution in [0, 0.1) is 5.92 Å². The van der Waals surface area contributed by atoms with E-state index in [2.05, 4.69) is 9.64 Å². The van der Waals surface area contributed by atoms with Crippen LogP contribution in [-0.2, 0) is 6.54 Å². The molecule has 0 spiro atoms. The second-order valence-corrected chi connectivity index (χ2v) is 6.47. The zero-order valence-corrected chi connectivity index (χ0v) is 13.1. The number of rotatable bonds is 5. The van der Waals surface area contributed by atoms with Gasteiger partial charge in [-0.1, -0.05) is 6.07 Å². The Morgan fingerprint density at radius 2 is 2.18 bits per heavy atom. The SMILES string of the molecule is CC(C)(O)[C@H]1CCCN(Cc2ccc(N)cc2OC(F)F)C1. The summed E-state index contributed by atoms with van der Waals surface area (Å²) in [6.07, 6.45) is 1.96. The molecule has 0 amide bonds. The highest BCUT2D eigenvalue weighted by molar-refractivity contribution is 5.48. The largest absolute Gasteiger partial charge is 0.434 e. The van der Waals surface area contributed by atoms with Crippen molar-refractivity contribution in [2.75, 3.05) is 18.8 Å². The number of nitrogens with two attached hydrogens (primary N) is 1. The van der Waals surface area contributed by atoms with Gasteiger partial charge in [0.25, 0.3) is 0 Å². The Morgan fingerprint density at radius 1 is 1.45 bits per heavy atom. The first-order valence-electron chi connectivity index (χ1n) is 7.53. The van der Waals surface area contributed by atoms with Gasteiger partial charge in [-0.25, -0.2) is 0 Å². The third kappa shape index (κ3) is 4.55. The van der Waals surface area contributed by atoms with Crippen LogP contribution in [0.4, 0.5) is 14.5 Å². The van der Waals surface area contributed by atoms with E-state index >= 15 is 0 Å². The van der Waals surface area contributed by atoms with Gasteiger partial charge in [-0.05, 0) is 45.2 Å². The molecule has 1 atom stereocenters. The molecule has 1 aliphatic heterocycles. The van der Waals surface area contributed by atoms with Gasteiger partial charge in [0.2, 0.25) is 0 Å². The molecule has 1 saturated heterocycles. The second-order valence-electron chi connectivity index (χ2n) is 6.47. The van der Waals surface area contributed by atoms with Crippen molar-refractivity contribution >= 4 is 5.69 Å². The summed E-state index contributed by atoms with van der Waals surface area (Å²) in [5.41, 5.74) is 5.99. The van der Waals surface area contributed by atoms with Crippen molar-refractivity contribution in [1.82, 2.24) is 4.90 Å². The molecule has 1 aliphatic rings. The van der Waals surface area contributed by atoms with Gasteiger partial charge in [0.1, 0.15) is 5.75 Å². The summed E-state index contributed by atoms with van der Waals surface area (Å²) in [5, 5.41) is 10.2. The average molecular weight is 314 g/mol. The van der Waals surface area contributed by atoms with Crippen molar-refractivity contribution in [2.24, 2.45) is 5.92 Å². The van der Waals surface area contributed by atoms with E-state index in [1.165, 1.54) is 6.07 Å². The lowest BCUT2D eigenvalue weighted by Crippen LogP contribution is -2.44. The molecule has 0 aromatic heterocycles. The van der Waals surface area contributed by atoms with Crippen LogP contribution in [0.25, 0.3) is 0 Å². The lowest BCUT2D eigenvalue weighted by molar-refractivity contribution is -0.0511. The third-order valence-electron chi connectivity index (χ3n) is 4.21. The van der Waals surface area contributed by atoms with Gasteiger partial charge in [0, 0.05) is 30.4 Å². The van der Waals surface area contributed by atoms with Gasteiger partial charge in [0.05, 0.1) is 5.60 Å². The highest BCUT2D eigenvalue weighted by atomic mass is 19.3. The summed E-state index contributed by atoms with van der Waals surface area (Å²) in [7, 11) is 0. The number of alkyl halides is 2. The van der Waals surface area contributed by atoms with Crippen molar-refractivity contribution in [2.45, 2.75) is 45.4 Å². The van der Waals surface area contributed by atoms with Gasteiger partial charge >= 0.3 is 6.61 Å². The Bertz CT molecular complexity index is 503. The van der Waals surface area contributed by atoms with Crippen LogP contribution >= 0.6 is 0 Å². The molecule has 2 rings (SSSR count). The van der Waals surface area contributed by atoms with Gasteiger partial charge < -0.3 is 15.6 Å². The Balaban J connectivity index is 2.09. The number of hydrogen-bond acceptors (Lipinski definition) is 4. The minimum Gasteiger partial charge on any atom is -0.434 e. The van der Waals surface area contributed by atoms with E-state index in [-0.39, 0.29) is 11.7 Å². The molecular weight excluding hydrogens is 290 g/mol. The van der Waals surface area contributed by atoms with Gasteiger partial charge in [-0.2, -0.15) is 8.78 Å². The van der Waals surface area contributed by atoms with E-state index in [4.69, 9.17) is 5.73 Å². The van der Waals surface area contributed by atoms with Crippen molar-refractivity contribution in [3.05, 3.63) is 23.8 Å². The molecule has 124 valence electrons. The summed E-state index contributed by atoms with van der Waals surface area (Å²) in [6, 6.07) is 4.84. The van der Waals surface area contributed by atoms with Crippen LogP contribution in [0.1, 0.15) is 32.3 Å². The van der Waals surface area contributed by atoms with Crippen LogP contribution in [0.2, 0.25) is 0 Å². The standard InChI is InChI=1S/C16H24F2N2O2/c1-16(2,21)12-4-3-7-20(10-12)9-11-5-6-13(19)8-14(11)22-15(17)18/h5-6,8,12,15,21H,3-4,7,9-10,19H2,1-2H3/t12-/m0/s1. The van der Waals surface area contributed by atoms with Gasteiger partial charge in [0.15, 0.2) is 0 Å². The number of piperidine rings is 1. The zero-order chi connectivity index (χ0) is 16.3. The fourth-order valence-electron chi connectivity index (χ4n) is 2.92. The summed E-state index contributed by atoms with van der Waals surface area (Å²) in [5.74, 6) is 0.301. The van der Waals surface area contributed by atoms with E-state index < -0.39 is 12.2 Å². The Labute approximate surface area is 129 Å². The van der Waals surface area contributed by atoms with E-state index in [1.807, 2.05) is 13.8 Å². The molecule has 0 aliphatic carbocycles. The first-order chi connectivity index (χ1) is 10.3. The molecule has 6 heteroatoms. The molecule has 1 heterocycles. The number of hydrogen-bond donors (Lipinski definition) is 2. The number of likely N-dealkylation sites (tertiary alicyclic amines) is 1. The second kappa shape index (κ2) is 6.79. The number of halogens is 2.